The van der Waals surface area contributed by atoms with Crippen LogP contribution in [0.1, 0.15) is 35.2 Å². The van der Waals surface area contributed by atoms with E-state index in [2.05, 4.69) is 10.3 Å². The number of rotatable bonds is 5. The molecule has 2 aromatic rings. The van der Waals surface area contributed by atoms with E-state index in [0.717, 1.165) is 0 Å². The van der Waals surface area contributed by atoms with E-state index in [9.17, 15) is 19.1 Å². The molecule has 1 aromatic heterocycles. The molecule has 0 bridgehead atoms. The third kappa shape index (κ3) is 6.13. The van der Waals surface area contributed by atoms with Gasteiger partial charge in [0.15, 0.2) is 0 Å². The zero-order valence-electron chi connectivity index (χ0n) is 18.2. The molecule has 0 spiro atoms. The third-order valence-electron chi connectivity index (χ3n) is 5.96. The number of amides is 2. The molecule has 33 heavy (non-hydrogen) atoms. The summed E-state index contributed by atoms with van der Waals surface area (Å²) >= 11 is 0. The maximum absolute atomic E-state index is 13.3. The van der Waals surface area contributed by atoms with Gasteiger partial charge < -0.3 is 24.8 Å². The monoisotopic (exact) mass is 457 g/mol. The molecular weight excluding hydrogens is 429 g/mol. The van der Waals surface area contributed by atoms with Crippen molar-refractivity contribution >= 4 is 11.8 Å². The summed E-state index contributed by atoms with van der Waals surface area (Å²) in [6.07, 6.45) is 2.99. The molecule has 2 aliphatic heterocycles. The fraction of sp³-hybridized carbons (Fsp3) is 0.458. The van der Waals surface area contributed by atoms with E-state index in [1.807, 2.05) is 0 Å². The molecule has 2 amide bonds. The number of carbonyl (C=O) groups is 2. The summed E-state index contributed by atoms with van der Waals surface area (Å²) in [5.74, 6) is -0.721. The average molecular weight is 458 g/mol. The predicted octanol–water partition coefficient (Wildman–Crippen LogP) is 1.68. The fourth-order valence-corrected chi connectivity index (χ4v) is 4.36. The summed E-state index contributed by atoms with van der Waals surface area (Å²) < 4.78 is 25.1. The van der Waals surface area contributed by atoms with Crippen molar-refractivity contribution in [1.82, 2.24) is 15.2 Å². The van der Waals surface area contributed by atoms with Crippen molar-refractivity contribution in [2.75, 3.05) is 19.8 Å². The van der Waals surface area contributed by atoms with Crippen LogP contribution < -0.4 is 5.32 Å². The summed E-state index contributed by atoms with van der Waals surface area (Å²) in [6.45, 7) is 0.712. The van der Waals surface area contributed by atoms with Crippen molar-refractivity contribution in [2.24, 2.45) is 0 Å². The molecule has 4 atom stereocenters. The number of hydrogen-bond acceptors (Lipinski definition) is 6. The maximum atomic E-state index is 13.3. The summed E-state index contributed by atoms with van der Waals surface area (Å²) in [5, 5.41) is 13.1. The van der Waals surface area contributed by atoms with Gasteiger partial charge in [0, 0.05) is 31.0 Å². The predicted molar refractivity (Wildman–Crippen MR) is 117 cm³/mol. The smallest absolute Gasteiger partial charge is 0.254 e. The van der Waals surface area contributed by atoms with Gasteiger partial charge in [0.05, 0.1) is 37.9 Å². The Morgan fingerprint density at radius 1 is 1.18 bits per heavy atom. The van der Waals surface area contributed by atoms with Gasteiger partial charge in [-0.2, -0.15) is 0 Å². The van der Waals surface area contributed by atoms with Gasteiger partial charge in [-0.25, -0.2) is 4.39 Å². The Morgan fingerprint density at radius 3 is 2.79 bits per heavy atom. The molecule has 2 saturated heterocycles. The topological polar surface area (TPSA) is 101 Å². The number of aliphatic hydroxyl groups excluding tert-OH is 1. The molecule has 0 aliphatic carbocycles. The first-order valence-corrected chi connectivity index (χ1v) is 11.1. The molecule has 2 fully saturated rings. The molecule has 3 heterocycles. The van der Waals surface area contributed by atoms with Gasteiger partial charge in [0.25, 0.3) is 5.91 Å². The van der Waals surface area contributed by atoms with Gasteiger partial charge in [-0.1, -0.05) is 12.1 Å². The number of fused-ring (bicyclic) bond motifs is 1. The lowest BCUT2D eigenvalue weighted by Crippen LogP contribution is -2.57. The summed E-state index contributed by atoms with van der Waals surface area (Å²) in [7, 11) is 0. The zero-order chi connectivity index (χ0) is 23.2. The highest BCUT2D eigenvalue weighted by atomic mass is 19.1. The lowest BCUT2D eigenvalue weighted by Gasteiger charge is -2.44. The summed E-state index contributed by atoms with van der Waals surface area (Å²) in [6, 6.07) is 9.12. The van der Waals surface area contributed by atoms with E-state index < -0.39 is 12.2 Å². The minimum Gasteiger partial charge on any atom is -0.389 e. The first kappa shape index (κ1) is 23.3. The number of β-amino-alcohol motifs (C(OH)–C–C–N with tert-alkyl or cyclic N) is 1. The minimum atomic E-state index is -0.789. The molecule has 8 nitrogen and oxygen atoms in total. The van der Waals surface area contributed by atoms with Crippen LogP contribution in [0.15, 0.2) is 48.8 Å². The molecular formula is C24H28FN3O5. The second-order valence-corrected chi connectivity index (χ2v) is 8.44. The van der Waals surface area contributed by atoms with Gasteiger partial charge in [0.1, 0.15) is 11.9 Å². The number of aliphatic hydroxyl groups is 1. The average Bonchev–Trinajstić information content (AvgIpc) is 2.81. The van der Waals surface area contributed by atoms with Gasteiger partial charge in [-0.05, 0) is 42.7 Å². The number of hydrogen-bond donors (Lipinski definition) is 2. The number of benzene rings is 1. The van der Waals surface area contributed by atoms with E-state index in [1.165, 1.54) is 12.1 Å². The molecule has 2 aliphatic rings. The lowest BCUT2D eigenvalue weighted by atomic mass is 9.94. The number of ether oxygens (including phenoxy) is 2. The van der Waals surface area contributed by atoms with Crippen molar-refractivity contribution < 1.29 is 28.6 Å². The van der Waals surface area contributed by atoms with E-state index in [1.54, 1.807) is 41.6 Å². The standard InChI is InChI=1S/C24H28FN3O5/c25-18-3-1-2-16(10-18)12-27-23(30)11-20-4-5-21-22(33-20)15-32-14-19(29)13-28(21)24(31)17-6-8-26-9-7-17/h1-3,6-10,19-22,29H,4-5,11-15H2,(H,27,30)/t19-,20+,21+,22-/m0/s1. The Labute approximate surface area is 191 Å². The number of halogens is 1. The van der Waals surface area contributed by atoms with Crippen LogP contribution in [0.3, 0.4) is 0 Å². The second-order valence-electron chi connectivity index (χ2n) is 8.44. The van der Waals surface area contributed by atoms with E-state index >= 15 is 0 Å². The van der Waals surface area contributed by atoms with Crippen molar-refractivity contribution in [3.63, 3.8) is 0 Å². The molecule has 176 valence electrons. The van der Waals surface area contributed by atoms with Crippen LogP contribution in [0.2, 0.25) is 0 Å². The lowest BCUT2D eigenvalue weighted by molar-refractivity contribution is -0.151. The zero-order valence-corrected chi connectivity index (χ0v) is 18.2. The van der Waals surface area contributed by atoms with Crippen molar-refractivity contribution in [2.45, 2.75) is 50.2 Å². The Bertz CT molecular complexity index is 960. The van der Waals surface area contributed by atoms with Crippen LogP contribution in [0.5, 0.6) is 0 Å². The number of carbonyl (C=O) groups excluding carboxylic acids is 2. The number of nitrogens with one attached hydrogen (secondary N) is 1. The highest BCUT2D eigenvalue weighted by molar-refractivity contribution is 5.94. The number of pyridine rings is 1. The maximum Gasteiger partial charge on any atom is 0.254 e. The first-order chi connectivity index (χ1) is 16.0. The first-order valence-electron chi connectivity index (χ1n) is 11.1. The Morgan fingerprint density at radius 2 is 2.00 bits per heavy atom. The molecule has 9 heteroatoms. The van der Waals surface area contributed by atoms with Crippen LogP contribution in [0.4, 0.5) is 4.39 Å². The number of aromatic nitrogens is 1. The highest BCUT2D eigenvalue weighted by Gasteiger charge is 2.40. The Balaban J connectivity index is 1.37. The van der Waals surface area contributed by atoms with Crippen LogP contribution in [-0.4, -0.2) is 70.9 Å². The SMILES string of the molecule is O=C(C[C@H]1CC[C@@H]2[C@H](COC[C@@H](O)CN2C(=O)c2ccncc2)O1)NCc1cccc(F)c1. The van der Waals surface area contributed by atoms with Gasteiger partial charge in [-0.15, -0.1) is 0 Å². The van der Waals surface area contributed by atoms with E-state index in [0.29, 0.717) is 24.0 Å². The van der Waals surface area contributed by atoms with Crippen LogP contribution in [0, 0.1) is 5.82 Å². The fourth-order valence-electron chi connectivity index (χ4n) is 4.36. The van der Waals surface area contributed by atoms with E-state index in [-0.39, 0.29) is 62.5 Å². The number of nitrogens with zero attached hydrogens (tertiary/aromatic N) is 2. The summed E-state index contributed by atoms with van der Waals surface area (Å²) in [4.78, 5) is 31.2. The van der Waals surface area contributed by atoms with Crippen molar-refractivity contribution in [1.29, 1.82) is 0 Å². The summed E-state index contributed by atoms with van der Waals surface area (Å²) in [5.41, 5.74) is 1.18. The Hall–Kier alpha value is -2.88. The minimum absolute atomic E-state index is 0.103. The van der Waals surface area contributed by atoms with Gasteiger partial charge >= 0.3 is 0 Å². The Kier molecular flexibility index (Phi) is 7.64. The van der Waals surface area contributed by atoms with Crippen LogP contribution >= 0.6 is 0 Å². The molecule has 4 rings (SSSR count). The third-order valence-corrected chi connectivity index (χ3v) is 5.96. The molecule has 0 radical (unpaired) electrons. The quantitative estimate of drug-likeness (QED) is 0.709. The normalized spacial score (nSPS) is 25.5. The molecule has 0 unspecified atom stereocenters. The largest absolute Gasteiger partial charge is 0.389 e. The molecule has 0 saturated carbocycles. The van der Waals surface area contributed by atoms with Crippen LogP contribution in [-0.2, 0) is 20.8 Å². The van der Waals surface area contributed by atoms with Gasteiger partial charge in [0.2, 0.25) is 5.91 Å². The van der Waals surface area contributed by atoms with Gasteiger partial charge in [-0.3, -0.25) is 14.6 Å². The second kappa shape index (κ2) is 10.8. The molecule has 1 aromatic carbocycles. The highest BCUT2D eigenvalue weighted by Crippen LogP contribution is 2.28. The van der Waals surface area contributed by atoms with Crippen molar-refractivity contribution in [3.05, 3.63) is 65.7 Å². The van der Waals surface area contributed by atoms with Crippen LogP contribution in [0.25, 0.3) is 0 Å². The van der Waals surface area contributed by atoms with Crippen molar-refractivity contribution in [3.8, 4) is 0 Å². The van der Waals surface area contributed by atoms with E-state index in [4.69, 9.17) is 9.47 Å². The molecule has 2 N–H and O–H groups in total.